The van der Waals surface area contributed by atoms with Crippen LogP contribution in [0.25, 0.3) is 0 Å². The molecular weight excluding hydrogens is 245 g/mol. The van der Waals surface area contributed by atoms with E-state index in [9.17, 15) is 4.79 Å². The van der Waals surface area contributed by atoms with Gasteiger partial charge >= 0.3 is 0 Å². The van der Waals surface area contributed by atoms with Gasteiger partial charge < -0.3 is 5.73 Å². The van der Waals surface area contributed by atoms with Crippen LogP contribution < -0.4 is 5.73 Å². The van der Waals surface area contributed by atoms with Gasteiger partial charge in [-0.3, -0.25) is 4.79 Å². The summed E-state index contributed by atoms with van der Waals surface area (Å²) in [4.78, 5) is 12.2. The van der Waals surface area contributed by atoms with Crippen LogP contribution in [-0.2, 0) is 0 Å². The lowest BCUT2D eigenvalue weighted by atomic mass is 9.88. The van der Waals surface area contributed by atoms with Crippen LogP contribution in [0.15, 0.2) is 18.2 Å². The lowest BCUT2D eigenvalue weighted by molar-refractivity contribution is 0.0893. The number of ketones is 1. The van der Waals surface area contributed by atoms with Crippen molar-refractivity contribution in [1.29, 1.82) is 0 Å². The van der Waals surface area contributed by atoms with Crippen molar-refractivity contribution in [2.24, 2.45) is 5.73 Å². The number of hydrogen-bond acceptors (Lipinski definition) is 2. The molecule has 1 aromatic rings. The fourth-order valence-corrected chi connectivity index (χ4v) is 2.01. The average Bonchev–Trinajstić information content (AvgIpc) is 2.21. The van der Waals surface area contributed by atoms with Crippen LogP contribution in [0.1, 0.15) is 37.0 Å². The number of Topliss-reactive ketones (excluding diaryl/α,β-unsaturated/α-hetero) is 1. The van der Waals surface area contributed by atoms with E-state index in [0.29, 0.717) is 17.0 Å². The van der Waals surface area contributed by atoms with Crippen LogP contribution in [0.2, 0.25) is 10.0 Å². The van der Waals surface area contributed by atoms with Gasteiger partial charge in [0.2, 0.25) is 0 Å². The van der Waals surface area contributed by atoms with Crippen molar-refractivity contribution in [3.8, 4) is 0 Å². The van der Waals surface area contributed by atoms with E-state index < -0.39 is 5.54 Å². The standard InChI is InChI=1S/C12H15Cl2NO/c1-3-7-12(2,15)11(16)8-5-4-6-9(13)10(8)14/h4-6H,3,7,15H2,1-2H3. The second kappa shape index (κ2) is 5.17. The maximum absolute atomic E-state index is 12.2. The zero-order valence-corrected chi connectivity index (χ0v) is 10.9. The van der Waals surface area contributed by atoms with Gasteiger partial charge in [0, 0.05) is 5.56 Å². The zero-order chi connectivity index (χ0) is 12.3. The van der Waals surface area contributed by atoms with Crippen molar-refractivity contribution in [2.45, 2.75) is 32.2 Å². The van der Waals surface area contributed by atoms with Gasteiger partial charge in [-0.2, -0.15) is 0 Å². The lowest BCUT2D eigenvalue weighted by Crippen LogP contribution is -2.44. The third kappa shape index (κ3) is 2.76. The van der Waals surface area contributed by atoms with Gasteiger partial charge in [-0.1, -0.05) is 42.6 Å². The highest BCUT2D eigenvalue weighted by Crippen LogP contribution is 2.28. The minimum atomic E-state index is -0.886. The summed E-state index contributed by atoms with van der Waals surface area (Å²) in [5.41, 5.74) is 5.48. The van der Waals surface area contributed by atoms with E-state index in [1.54, 1.807) is 25.1 Å². The van der Waals surface area contributed by atoms with Crippen molar-refractivity contribution in [3.05, 3.63) is 33.8 Å². The van der Waals surface area contributed by atoms with Gasteiger partial charge in [-0.25, -0.2) is 0 Å². The molecule has 0 spiro atoms. The smallest absolute Gasteiger partial charge is 0.183 e. The van der Waals surface area contributed by atoms with E-state index in [1.165, 1.54) is 0 Å². The van der Waals surface area contributed by atoms with Gasteiger partial charge in [0.15, 0.2) is 5.78 Å². The Morgan fingerprint density at radius 3 is 2.62 bits per heavy atom. The molecule has 1 unspecified atom stereocenters. The molecule has 0 fully saturated rings. The highest BCUT2D eigenvalue weighted by Gasteiger charge is 2.30. The summed E-state index contributed by atoms with van der Waals surface area (Å²) in [6.07, 6.45) is 1.46. The summed E-state index contributed by atoms with van der Waals surface area (Å²) >= 11 is 11.8. The monoisotopic (exact) mass is 259 g/mol. The number of carbonyl (C=O) groups excluding carboxylic acids is 1. The number of benzene rings is 1. The van der Waals surface area contributed by atoms with Gasteiger partial charge in [0.1, 0.15) is 0 Å². The van der Waals surface area contributed by atoms with Crippen molar-refractivity contribution >= 4 is 29.0 Å². The average molecular weight is 260 g/mol. The van der Waals surface area contributed by atoms with Crippen molar-refractivity contribution < 1.29 is 4.79 Å². The van der Waals surface area contributed by atoms with E-state index in [4.69, 9.17) is 28.9 Å². The van der Waals surface area contributed by atoms with E-state index in [2.05, 4.69) is 0 Å². The molecule has 2 nitrogen and oxygen atoms in total. The van der Waals surface area contributed by atoms with E-state index >= 15 is 0 Å². The zero-order valence-electron chi connectivity index (χ0n) is 9.39. The lowest BCUT2D eigenvalue weighted by Gasteiger charge is -2.23. The van der Waals surface area contributed by atoms with E-state index in [-0.39, 0.29) is 10.8 Å². The minimum absolute atomic E-state index is 0.165. The number of carbonyl (C=O) groups is 1. The SMILES string of the molecule is CCCC(C)(N)C(=O)c1cccc(Cl)c1Cl. The summed E-state index contributed by atoms with van der Waals surface area (Å²) in [5.74, 6) is -0.165. The molecule has 0 aromatic heterocycles. The van der Waals surface area contributed by atoms with Crippen LogP contribution >= 0.6 is 23.2 Å². The molecular formula is C12H15Cl2NO. The Kier molecular flexibility index (Phi) is 4.36. The molecule has 0 heterocycles. The number of rotatable bonds is 4. The maximum atomic E-state index is 12.2. The highest BCUT2D eigenvalue weighted by atomic mass is 35.5. The van der Waals surface area contributed by atoms with E-state index in [0.717, 1.165) is 6.42 Å². The summed E-state index contributed by atoms with van der Waals surface area (Å²) in [7, 11) is 0. The predicted molar refractivity (Wildman–Crippen MR) is 68.3 cm³/mol. The van der Waals surface area contributed by atoms with Crippen LogP contribution in [0, 0.1) is 0 Å². The first-order valence-corrected chi connectivity index (χ1v) is 5.93. The quantitative estimate of drug-likeness (QED) is 0.839. The number of hydrogen-bond donors (Lipinski definition) is 1. The molecule has 0 saturated heterocycles. The molecule has 88 valence electrons. The van der Waals surface area contributed by atoms with Crippen LogP contribution in [0.5, 0.6) is 0 Å². The predicted octanol–water partition coefficient (Wildman–Crippen LogP) is 3.69. The molecule has 0 saturated carbocycles. The summed E-state index contributed by atoms with van der Waals surface area (Å²) in [5, 5.41) is 0.654. The summed E-state index contributed by atoms with van der Waals surface area (Å²) in [6, 6.07) is 5.00. The molecule has 0 aliphatic heterocycles. The van der Waals surface area contributed by atoms with Gasteiger partial charge in [0.05, 0.1) is 15.6 Å². The molecule has 1 atom stereocenters. The topological polar surface area (TPSA) is 43.1 Å². The second-order valence-corrected chi connectivity index (χ2v) is 4.88. The molecule has 2 N–H and O–H groups in total. The van der Waals surface area contributed by atoms with Crippen LogP contribution in [-0.4, -0.2) is 11.3 Å². The largest absolute Gasteiger partial charge is 0.319 e. The Morgan fingerprint density at radius 1 is 1.44 bits per heavy atom. The Bertz CT molecular complexity index is 402. The van der Waals surface area contributed by atoms with Gasteiger partial charge in [-0.05, 0) is 25.5 Å². The molecule has 16 heavy (non-hydrogen) atoms. The van der Waals surface area contributed by atoms with Gasteiger partial charge in [0.25, 0.3) is 0 Å². The molecule has 4 heteroatoms. The molecule has 0 radical (unpaired) electrons. The third-order valence-corrected chi connectivity index (χ3v) is 3.30. The fraction of sp³-hybridized carbons (Fsp3) is 0.417. The normalized spacial score (nSPS) is 14.6. The first-order valence-electron chi connectivity index (χ1n) is 5.18. The Labute approximate surface area is 106 Å². The van der Waals surface area contributed by atoms with Crippen molar-refractivity contribution in [3.63, 3.8) is 0 Å². The van der Waals surface area contributed by atoms with Crippen LogP contribution in [0.3, 0.4) is 0 Å². The molecule has 0 amide bonds. The molecule has 0 bridgehead atoms. The Hall–Kier alpha value is -0.570. The minimum Gasteiger partial charge on any atom is -0.319 e. The Balaban J connectivity index is 3.10. The second-order valence-electron chi connectivity index (χ2n) is 4.10. The van der Waals surface area contributed by atoms with Crippen molar-refractivity contribution in [2.75, 3.05) is 0 Å². The summed E-state index contributed by atoms with van der Waals surface area (Å²) < 4.78 is 0. The first kappa shape index (κ1) is 13.5. The third-order valence-electron chi connectivity index (χ3n) is 2.48. The van der Waals surface area contributed by atoms with E-state index in [1.807, 2.05) is 6.92 Å². The van der Waals surface area contributed by atoms with Crippen LogP contribution in [0.4, 0.5) is 0 Å². The number of nitrogens with two attached hydrogens (primary N) is 1. The fourth-order valence-electron chi connectivity index (χ4n) is 1.62. The highest BCUT2D eigenvalue weighted by molar-refractivity contribution is 6.44. The molecule has 0 aliphatic carbocycles. The number of halogens is 2. The molecule has 1 aromatic carbocycles. The van der Waals surface area contributed by atoms with Crippen molar-refractivity contribution in [1.82, 2.24) is 0 Å². The molecule has 0 aliphatic rings. The van der Waals surface area contributed by atoms with Gasteiger partial charge in [-0.15, -0.1) is 0 Å². The first-order chi connectivity index (χ1) is 7.40. The maximum Gasteiger partial charge on any atom is 0.183 e. The Morgan fingerprint density at radius 2 is 2.06 bits per heavy atom. The summed E-state index contributed by atoms with van der Waals surface area (Å²) in [6.45, 7) is 3.70. The molecule has 1 rings (SSSR count).